The van der Waals surface area contributed by atoms with Crippen LogP contribution in [0.25, 0.3) is 10.9 Å². The Balaban J connectivity index is 1.38. The number of benzene rings is 2. The number of urea groups is 1. The van der Waals surface area contributed by atoms with Crippen molar-refractivity contribution in [3.8, 4) is 17.2 Å². The van der Waals surface area contributed by atoms with Crippen LogP contribution in [0.15, 0.2) is 55.3 Å². The van der Waals surface area contributed by atoms with E-state index in [0.29, 0.717) is 35.3 Å². The summed E-state index contributed by atoms with van der Waals surface area (Å²) in [7, 11) is 1.66. The van der Waals surface area contributed by atoms with Gasteiger partial charge in [0.1, 0.15) is 17.2 Å². The Labute approximate surface area is 220 Å². The molecule has 1 aliphatic heterocycles. The number of hydrogen-bond donors (Lipinski definition) is 2. The molecule has 3 aromatic rings. The number of halogens is 1. The number of nitrogens with one attached hydrogen (secondary N) is 2. The smallest absolute Gasteiger partial charge is 0.319 e. The minimum atomic E-state index is -0.264. The number of fused-ring (bicyclic) bond motifs is 1. The van der Waals surface area contributed by atoms with Crippen molar-refractivity contribution in [2.24, 2.45) is 0 Å². The Bertz CT molecular complexity index is 1350. The second-order valence-electron chi connectivity index (χ2n) is 9.34. The molecular weight excluding hydrogens is 492 g/mol. The summed E-state index contributed by atoms with van der Waals surface area (Å²) in [5.74, 6) is 2.15. The second-order valence-corrected chi connectivity index (χ2v) is 9.75. The highest BCUT2D eigenvalue weighted by Crippen LogP contribution is 2.40. The minimum Gasteiger partial charge on any atom is -0.496 e. The fourth-order valence-electron chi connectivity index (χ4n) is 4.65. The molecule has 2 heterocycles. The molecule has 1 saturated heterocycles. The lowest BCUT2D eigenvalue weighted by Crippen LogP contribution is -2.36. The van der Waals surface area contributed by atoms with Crippen LogP contribution in [0.3, 0.4) is 0 Å². The largest absolute Gasteiger partial charge is 0.496 e. The van der Waals surface area contributed by atoms with Crippen molar-refractivity contribution in [3.63, 3.8) is 0 Å². The van der Waals surface area contributed by atoms with Gasteiger partial charge in [0.25, 0.3) is 0 Å². The average molecular weight is 521 g/mol. The van der Waals surface area contributed by atoms with Crippen molar-refractivity contribution in [2.45, 2.75) is 37.6 Å². The minimum absolute atomic E-state index is 0.0350. The summed E-state index contributed by atoms with van der Waals surface area (Å²) in [4.78, 5) is 30.4. The Morgan fingerprint density at radius 1 is 1.11 bits per heavy atom. The molecule has 2 aromatic carbocycles. The number of hydrogen-bond acceptors (Lipinski definition) is 5. The van der Waals surface area contributed by atoms with Crippen LogP contribution in [-0.2, 0) is 4.79 Å². The third-order valence-electron chi connectivity index (χ3n) is 6.80. The van der Waals surface area contributed by atoms with E-state index in [9.17, 15) is 9.59 Å². The molecule has 5 rings (SSSR count). The van der Waals surface area contributed by atoms with Gasteiger partial charge in [0, 0.05) is 42.8 Å². The average Bonchev–Trinajstić information content (AvgIpc) is 3.73. The van der Waals surface area contributed by atoms with Crippen molar-refractivity contribution < 1.29 is 19.1 Å². The molecule has 8 nitrogen and oxygen atoms in total. The summed E-state index contributed by atoms with van der Waals surface area (Å²) >= 11 is 6.44. The van der Waals surface area contributed by atoms with Crippen LogP contribution in [0.5, 0.6) is 17.2 Å². The third-order valence-corrected chi connectivity index (χ3v) is 7.12. The normalized spacial score (nSPS) is 15.8. The molecule has 1 aromatic heterocycles. The molecule has 2 aliphatic rings. The van der Waals surface area contributed by atoms with Crippen molar-refractivity contribution in [1.29, 1.82) is 0 Å². The molecule has 0 unspecified atom stereocenters. The van der Waals surface area contributed by atoms with E-state index in [1.165, 1.54) is 6.08 Å². The summed E-state index contributed by atoms with van der Waals surface area (Å²) in [6, 6.07) is 11.0. The van der Waals surface area contributed by atoms with Crippen LogP contribution >= 0.6 is 11.6 Å². The van der Waals surface area contributed by atoms with Gasteiger partial charge in [-0.15, -0.1) is 0 Å². The van der Waals surface area contributed by atoms with Gasteiger partial charge in [0.15, 0.2) is 0 Å². The fraction of sp³-hybridized carbons (Fsp3) is 0.321. The van der Waals surface area contributed by atoms with Crippen LogP contribution in [0.1, 0.15) is 37.2 Å². The van der Waals surface area contributed by atoms with Gasteiger partial charge < -0.3 is 25.0 Å². The zero-order valence-electron chi connectivity index (χ0n) is 20.6. The highest BCUT2D eigenvalue weighted by atomic mass is 35.5. The second kappa shape index (κ2) is 10.7. The van der Waals surface area contributed by atoms with Crippen LogP contribution in [0.4, 0.5) is 10.5 Å². The standard InChI is InChI=1S/C28H29ClN4O4/c1-3-27(34)33-12-9-17(10-13-33)20-15-21-24(16-26(20)36-2)30-11-8-25(21)37-19-6-7-23(22(29)14-19)32-28(35)31-18-4-5-18/h3,6-8,11,14-18H,1,4-5,9-10,12-13H2,2H3,(H2,31,32,35). The first-order chi connectivity index (χ1) is 17.9. The first-order valence-electron chi connectivity index (χ1n) is 12.4. The van der Waals surface area contributed by atoms with Crippen LogP contribution < -0.4 is 20.1 Å². The first kappa shape index (κ1) is 24.9. The monoisotopic (exact) mass is 520 g/mol. The van der Waals surface area contributed by atoms with Gasteiger partial charge in [-0.1, -0.05) is 18.2 Å². The number of ether oxygens (including phenoxy) is 2. The predicted molar refractivity (Wildman–Crippen MR) is 144 cm³/mol. The maximum atomic E-state index is 12.1. The van der Waals surface area contributed by atoms with Crippen LogP contribution in [0, 0.1) is 0 Å². The van der Waals surface area contributed by atoms with E-state index < -0.39 is 0 Å². The summed E-state index contributed by atoms with van der Waals surface area (Å²) in [5.41, 5.74) is 2.33. The van der Waals surface area contributed by atoms with Gasteiger partial charge in [0.05, 0.1) is 23.3 Å². The summed E-state index contributed by atoms with van der Waals surface area (Å²) in [5, 5.41) is 6.89. The Hall–Kier alpha value is -3.78. The molecule has 2 N–H and O–H groups in total. The lowest BCUT2D eigenvalue weighted by atomic mass is 9.87. The van der Waals surface area contributed by atoms with Crippen molar-refractivity contribution in [3.05, 3.63) is 65.8 Å². The fourth-order valence-corrected chi connectivity index (χ4v) is 4.87. The number of amides is 3. The van der Waals surface area contributed by atoms with E-state index in [1.807, 2.05) is 17.0 Å². The van der Waals surface area contributed by atoms with Crippen LogP contribution in [0.2, 0.25) is 5.02 Å². The number of piperidine rings is 1. The summed E-state index contributed by atoms with van der Waals surface area (Å²) < 4.78 is 11.9. The van der Waals surface area contributed by atoms with E-state index in [2.05, 4.69) is 28.3 Å². The molecule has 1 saturated carbocycles. The van der Waals surface area contributed by atoms with E-state index in [4.69, 9.17) is 21.1 Å². The quantitative estimate of drug-likeness (QED) is 0.380. The van der Waals surface area contributed by atoms with E-state index in [-0.39, 0.29) is 23.9 Å². The molecule has 2 fully saturated rings. The number of carbonyl (C=O) groups excluding carboxylic acids is 2. The Morgan fingerprint density at radius 3 is 2.57 bits per heavy atom. The number of pyridine rings is 1. The van der Waals surface area contributed by atoms with Gasteiger partial charge in [0.2, 0.25) is 5.91 Å². The lowest BCUT2D eigenvalue weighted by molar-refractivity contribution is -0.127. The number of aromatic nitrogens is 1. The number of rotatable bonds is 7. The lowest BCUT2D eigenvalue weighted by Gasteiger charge is -2.32. The van der Waals surface area contributed by atoms with E-state index in [0.717, 1.165) is 47.9 Å². The predicted octanol–water partition coefficient (Wildman–Crippen LogP) is 5.87. The molecular formula is C28H29ClN4O4. The van der Waals surface area contributed by atoms with Gasteiger partial charge >= 0.3 is 6.03 Å². The van der Waals surface area contributed by atoms with E-state index in [1.54, 1.807) is 31.5 Å². The number of likely N-dealkylation sites (tertiary alicyclic amines) is 1. The summed E-state index contributed by atoms with van der Waals surface area (Å²) in [6.07, 6.45) is 6.73. The van der Waals surface area contributed by atoms with Crippen molar-refractivity contribution in [1.82, 2.24) is 15.2 Å². The zero-order chi connectivity index (χ0) is 25.9. The zero-order valence-corrected chi connectivity index (χ0v) is 21.4. The molecule has 0 bridgehead atoms. The first-order valence-corrected chi connectivity index (χ1v) is 12.8. The molecule has 0 atom stereocenters. The molecule has 0 radical (unpaired) electrons. The highest BCUT2D eigenvalue weighted by Gasteiger charge is 2.26. The molecule has 0 spiro atoms. The topological polar surface area (TPSA) is 92.8 Å². The molecule has 3 amide bonds. The van der Waals surface area contributed by atoms with Gasteiger partial charge in [-0.05, 0) is 67.5 Å². The number of anilines is 1. The molecule has 37 heavy (non-hydrogen) atoms. The Kier molecular flexibility index (Phi) is 7.19. The Morgan fingerprint density at radius 2 is 1.89 bits per heavy atom. The molecule has 1 aliphatic carbocycles. The van der Waals surface area contributed by atoms with Crippen LogP contribution in [-0.4, -0.2) is 48.1 Å². The highest BCUT2D eigenvalue weighted by molar-refractivity contribution is 6.33. The van der Waals surface area contributed by atoms with Crippen molar-refractivity contribution >= 4 is 40.1 Å². The SMILES string of the molecule is C=CC(=O)N1CCC(c2cc3c(Oc4ccc(NC(=O)NC5CC5)c(Cl)c4)ccnc3cc2OC)CC1. The molecule has 192 valence electrons. The number of methoxy groups -OCH3 is 1. The number of carbonyl (C=O) groups is 2. The van der Waals surface area contributed by atoms with Crippen molar-refractivity contribution in [2.75, 3.05) is 25.5 Å². The maximum Gasteiger partial charge on any atom is 0.319 e. The van der Waals surface area contributed by atoms with E-state index >= 15 is 0 Å². The summed E-state index contributed by atoms with van der Waals surface area (Å²) in [6.45, 7) is 4.93. The third kappa shape index (κ3) is 5.64. The maximum absolute atomic E-state index is 12.1. The number of nitrogens with zero attached hydrogens (tertiary/aromatic N) is 2. The van der Waals surface area contributed by atoms with Gasteiger partial charge in [-0.25, -0.2) is 4.79 Å². The molecule has 9 heteroatoms. The van der Waals surface area contributed by atoms with Gasteiger partial charge in [-0.2, -0.15) is 0 Å². The van der Waals surface area contributed by atoms with Gasteiger partial charge in [-0.3, -0.25) is 9.78 Å².